The fourth-order valence-corrected chi connectivity index (χ4v) is 0. The van der Waals surface area contributed by atoms with Crippen LogP contribution in [0.5, 0.6) is 0 Å². The highest BCUT2D eigenvalue weighted by atomic mass is 31.2. The van der Waals surface area contributed by atoms with Crippen LogP contribution in [-0.2, 0) is 27.3 Å². The molecule has 0 radical (unpaired) electrons. The highest BCUT2D eigenvalue weighted by Crippen LogP contribution is 2.34. The Kier molecular flexibility index (Phi) is 18.1. The molecule has 0 aromatic heterocycles. The first kappa shape index (κ1) is 30.5. The summed E-state index contributed by atoms with van der Waals surface area (Å²) >= 11 is 0. The standard InChI is InChI=1S/2C2H7O3P.2C2H7O2P/c2*1-5-6(2,3)4;2*1-5(2,3)4/h2*1-2H3,(H,3,4);2*1-2H3,(H,3,4). The zero-order valence-electron chi connectivity index (χ0n) is 14.0. The van der Waals surface area contributed by atoms with E-state index in [4.69, 9.17) is 19.6 Å². The van der Waals surface area contributed by atoms with Crippen molar-refractivity contribution in [3.05, 3.63) is 0 Å². The van der Waals surface area contributed by atoms with Crippen LogP contribution in [0.2, 0.25) is 0 Å². The van der Waals surface area contributed by atoms with Gasteiger partial charge in [-0.2, -0.15) is 0 Å². The Labute approximate surface area is 131 Å². The Morgan fingerprint density at radius 3 is 0.591 bits per heavy atom. The van der Waals surface area contributed by atoms with E-state index in [1.54, 1.807) is 0 Å². The zero-order valence-corrected chi connectivity index (χ0v) is 17.6. The lowest BCUT2D eigenvalue weighted by Crippen LogP contribution is -1.75. The van der Waals surface area contributed by atoms with Crippen LogP contribution in [0.3, 0.4) is 0 Å². The molecular weight excluding hydrogens is 380 g/mol. The van der Waals surface area contributed by atoms with Gasteiger partial charge in [0.15, 0.2) is 14.7 Å². The minimum atomic E-state index is -3.15. The molecule has 0 rings (SSSR count). The Balaban J connectivity index is -0.0000000986. The summed E-state index contributed by atoms with van der Waals surface area (Å²) in [6.07, 6.45) is 0. The SMILES string of the molecule is COP(C)(=O)O.COP(C)(=O)O.CP(C)(=O)O.CP(C)(=O)O. The molecule has 2 unspecified atom stereocenters. The van der Waals surface area contributed by atoms with Gasteiger partial charge in [0.1, 0.15) is 0 Å². The van der Waals surface area contributed by atoms with Gasteiger partial charge in [-0.05, 0) is 0 Å². The lowest BCUT2D eigenvalue weighted by atomic mass is 11.8. The summed E-state index contributed by atoms with van der Waals surface area (Å²) in [5, 5.41) is 0. The van der Waals surface area contributed by atoms with E-state index in [0.717, 1.165) is 13.3 Å². The lowest BCUT2D eigenvalue weighted by Gasteiger charge is -1.96. The molecule has 0 aromatic carbocycles. The molecule has 0 amide bonds. The summed E-state index contributed by atoms with van der Waals surface area (Å²) in [5.41, 5.74) is 0. The van der Waals surface area contributed by atoms with E-state index in [2.05, 4.69) is 9.05 Å². The van der Waals surface area contributed by atoms with Crippen molar-refractivity contribution >= 4 is 29.9 Å². The molecule has 2 atom stereocenters. The molecule has 0 aliphatic heterocycles. The molecule has 0 bridgehead atoms. The first-order chi connectivity index (χ1) is 9.12. The van der Waals surface area contributed by atoms with Gasteiger partial charge in [-0.25, -0.2) is 0 Å². The van der Waals surface area contributed by atoms with E-state index in [1.165, 1.54) is 40.9 Å². The second kappa shape index (κ2) is 13.0. The summed E-state index contributed by atoms with van der Waals surface area (Å²) in [6, 6.07) is 0. The predicted molar refractivity (Wildman–Crippen MR) is 88.9 cm³/mol. The molecule has 0 saturated carbocycles. The Morgan fingerprint density at radius 2 is 0.591 bits per heavy atom. The van der Waals surface area contributed by atoms with Gasteiger partial charge in [0.25, 0.3) is 0 Å². The van der Waals surface area contributed by atoms with Crippen LogP contribution in [0.15, 0.2) is 0 Å². The van der Waals surface area contributed by atoms with Gasteiger partial charge in [-0.15, -0.1) is 0 Å². The molecule has 0 spiro atoms. The first-order valence-corrected chi connectivity index (χ1v) is 14.6. The van der Waals surface area contributed by atoms with Crippen LogP contribution in [0.25, 0.3) is 0 Å². The van der Waals surface area contributed by atoms with Gasteiger partial charge >= 0.3 is 15.2 Å². The van der Waals surface area contributed by atoms with E-state index in [-0.39, 0.29) is 0 Å². The van der Waals surface area contributed by atoms with Crippen LogP contribution < -0.4 is 0 Å². The smallest absolute Gasteiger partial charge is 0.324 e. The van der Waals surface area contributed by atoms with Gasteiger partial charge < -0.3 is 28.6 Å². The van der Waals surface area contributed by atoms with Crippen molar-refractivity contribution in [1.82, 2.24) is 0 Å². The molecular formula is C8H28O10P4. The Bertz CT molecular complexity index is 379. The average molecular weight is 408 g/mol. The maximum Gasteiger partial charge on any atom is 0.324 e. The minimum absolute atomic E-state index is 1.13. The van der Waals surface area contributed by atoms with E-state index in [0.29, 0.717) is 0 Å². The number of hydrogen-bond acceptors (Lipinski definition) is 6. The molecule has 14 heteroatoms. The second-order valence-corrected chi connectivity index (χ2v) is 13.7. The van der Waals surface area contributed by atoms with Crippen molar-refractivity contribution in [2.45, 2.75) is 0 Å². The molecule has 0 aromatic rings. The quantitative estimate of drug-likeness (QED) is 0.496. The minimum Gasteiger partial charge on any atom is -0.345 e. The van der Waals surface area contributed by atoms with Crippen LogP contribution in [0.1, 0.15) is 0 Å². The van der Waals surface area contributed by atoms with Crippen molar-refractivity contribution in [2.75, 3.05) is 54.2 Å². The van der Waals surface area contributed by atoms with Crippen molar-refractivity contribution < 1.29 is 46.9 Å². The second-order valence-electron chi connectivity index (χ2n) is 4.56. The molecule has 0 saturated heterocycles. The molecule has 0 heterocycles. The fraction of sp³-hybridized carbons (Fsp3) is 1.00. The summed E-state index contributed by atoms with van der Waals surface area (Å²) in [6.45, 7) is 7.46. The van der Waals surface area contributed by atoms with Crippen molar-refractivity contribution in [3.63, 3.8) is 0 Å². The molecule has 4 N–H and O–H groups in total. The number of rotatable bonds is 2. The third-order valence-electron chi connectivity index (χ3n) is 0.678. The highest BCUT2D eigenvalue weighted by Gasteiger charge is 2.03. The molecule has 0 aliphatic rings. The summed E-state index contributed by atoms with van der Waals surface area (Å²) in [4.78, 5) is 32.5. The summed E-state index contributed by atoms with van der Waals surface area (Å²) in [7, 11) is -9.18. The monoisotopic (exact) mass is 408 g/mol. The molecule has 140 valence electrons. The van der Waals surface area contributed by atoms with Crippen LogP contribution in [0.4, 0.5) is 0 Å². The van der Waals surface area contributed by atoms with Gasteiger partial charge in [0, 0.05) is 54.2 Å². The third kappa shape index (κ3) is 179. The van der Waals surface area contributed by atoms with Gasteiger partial charge in [-0.3, -0.25) is 18.3 Å². The summed E-state index contributed by atoms with van der Waals surface area (Å²) in [5.74, 6) is 0. The molecule has 0 fully saturated rings. The summed E-state index contributed by atoms with van der Waals surface area (Å²) < 4.78 is 47.5. The van der Waals surface area contributed by atoms with Gasteiger partial charge in [0.2, 0.25) is 0 Å². The first-order valence-electron chi connectivity index (χ1n) is 5.40. The number of hydrogen-bond donors (Lipinski definition) is 4. The van der Waals surface area contributed by atoms with Crippen LogP contribution in [-0.4, -0.2) is 73.8 Å². The van der Waals surface area contributed by atoms with E-state index in [9.17, 15) is 18.3 Å². The lowest BCUT2D eigenvalue weighted by molar-refractivity contribution is 0.321. The van der Waals surface area contributed by atoms with Crippen molar-refractivity contribution in [3.8, 4) is 0 Å². The molecule has 10 nitrogen and oxygen atoms in total. The van der Waals surface area contributed by atoms with E-state index in [1.807, 2.05) is 0 Å². The zero-order chi connectivity index (χ0) is 19.4. The molecule has 22 heavy (non-hydrogen) atoms. The Hall–Kier alpha value is 0.680. The van der Waals surface area contributed by atoms with Crippen LogP contribution >= 0.6 is 29.9 Å². The van der Waals surface area contributed by atoms with Gasteiger partial charge in [0.05, 0.1) is 0 Å². The van der Waals surface area contributed by atoms with E-state index >= 15 is 0 Å². The Morgan fingerprint density at radius 1 is 0.545 bits per heavy atom. The largest absolute Gasteiger partial charge is 0.345 e. The van der Waals surface area contributed by atoms with Crippen LogP contribution in [0, 0.1) is 0 Å². The maximum absolute atomic E-state index is 9.92. The van der Waals surface area contributed by atoms with Crippen molar-refractivity contribution in [1.29, 1.82) is 0 Å². The van der Waals surface area contributed by atoms with Gasteiger partial charge in [-0.1, -0.05) is 0 Å². The fourth-order valence-electron chi connectivity index (χ4n) is 0. The topological polar surface area (TPSA) is 168 Å². The van der Waals surface area contributed by atoms with Crippen molar-refractivity contribution in [2.24, 2.45) is 0 Å². The molecule has 0 aliphatic carbocycles. The highest BCUT2D eigenvalue weighted by molar-refractivity contribution is 7.56. The van der Waals surface area contributed by atoms with E-state index < -0.39 is 29.9 Å². The average Bonchev–Trinajstić information content (AvgIpc) is 2.11. The normalized spacial score (nSPS) is 16.2. The predicted octanol–water partition coefficient (Wildman–Crippen LogP) is 1.93. The third-order valence-corrected chi connectivity index (χ3v) is 2.03. The maximum atomic E-state index is 9.92.